The summed E-state index contributed by atoms with van der Waals surface area (Å²) in [5, 5.41) is 0. The Morgan fingerprint density at radius 2 is 1.35 bits per heavy atom. The zero-order chi connectivity index (χ0) is 12.8. The highest BCUT2D eigenvalue weighted by molar-refractivity contribution is 5.85. The van der Waals surface area contributed by atoms with Crippen molar-refractivity contribution in [3.8, 4) is 0 Å². The predicted octanol–water partition coefficient (Wildman–Crippen LogP) is 0.906. The highest BCUT2D eigenvalue weighted by Crippen LogP contribution is 2.57. The molecule has 2 fully saturated rings. The Morgan fingerprint density at radius 3 is 1.65 bits per heavy atom. The zero-order valence-electron chi connectivity index (χ0n) is 10.6. The summed E-state index contributed by atoms with van der Waals surface area (Å²) < 4.78 is 15.5. The molecule has 96 valence electrons. The Morgan fingerprint density at radius 1 is 1.00 bits per heavy atom. The van der Waals surface area contributed by atoms with Gasteiger partial charge in [-0.3, -0.25) is 9.59 Å². The molecule has 0 N–H and O–H groups in total. The molecule has 0 radical (unpaired) electrons. The molecule has 5 nitrogen and oxygen atoms in total. The van der Waals surface area contributed by atoms with Crippen molar-refractivity contribution in [1.29, 1.82) is 0 Å². The van der Waals surface area contributed by atoms with Crippen molar-refractivity contribution in [3.05, 3.63) is 0 Å². The number of rotatable bonds is 2. The fourth-order valence-corrected chi connectivity index (χ4v) is 3.30. The van der Waals surface area contributed by atoms with E-state index in [0.717, 1.165) is 12.8 Å². The fourth-order valence-electron chi connectivity index (χ4n) is 3.30. The first-order valence-electron chi connectivity index (χ1n) is 5.74. The number of esters is 2. The van der Waals surface area contributed by atoms with Crippen LogP contribution >= 0.6 is 0 Å². The average molecular weight is 242 g/mol. The van der Waals surface area contributed by atoms with Crippen molar-refractivity contribution in [1.82, 2.24) is 0 Å². The molecule has 2 saturated heterocycles. The third kappa shape index (κ3) is 1.56. The molecule has 0 unspecified atom stereocenters. The second-order valence-electron chi connectivity index (χ2n) is 5.23. The Labute approximate surface area is 100 Å². The molecule has 5 heteroatoms. The molecule has 0 spiro atoms. The molecule has 2 rings (SSSR count). The van der Waals surface area contributed by atoms with Crippen molar-refractivity contribution in [3.63, 3.8) is 0 Å². The van der Waals surface area contributed by atoms with E-state index in [2.05, 4.69) is 0 Å². The summed E-state index contributed by atoms with van der Waals surface area (Å²) in [6, 6.07) is 0. The molecular weight excluding hydrogens is 224 g/mol. The highest BCUT2D eigenvalue weighted by Gasteiger charge is 2.68. The highest BCUT2D eigenvalue weighted by atomic mass is 16.6. The molecule has 2 heterocycles. The Hall–Kier alpha value is -1.10. The van der Waals surface area contributed by atoms with E-state index < -0.39 is 35.0 Å². The summed E-state index contributed by atoms with van der Waals surface area (Å²) >= 11 is 0. The smallest absolute Gasteiger partial charge is 0.312 e. The number of fused-ring (bicyclic) bond motifs is 2. The predicted molar refractivity (Wildman–Crippen MR) is 58.1 cm³/mol. The molecule has 0 saturated carbocycles. The van der Waals surface area contributed by atoms with Crippen LogP contribution in [0.15, 0.2) is 0 Å². The number of ether oxygens (including phenoxy) is 3. The fraction of sp³-hybridized carbons (Fsp3) is 0.833. The lowest BCUT2D eigenvalue weighted by Gasteiger charge is -2.32. The van der Waals surface area contributed by atoms with Crippen LogP contribution in [0.25, 0.3) is 0 Å². The van der Waals surface area contributed by atoms with E-state index in [1.54, 1.807) is 0 Å². The summed E-state index contributed by atoms with van der Waals surface area (Å²) in [5.41, 5.74) is -1.22. The molecule has 0 aliphatic carbocycles. The summed E-state index contributed by atoms with van der Waals surface area (Å²) in [5.74, 6) is -1.94. The largest absolute Gasteiger partial charge is 0.469 e. The van der Waals surface area contributed by atoms with Crippen molar-refractivity contribution < 1.29 is 23.8 Å². The van der Waals surface area contributed by atoms with Crippen molar-refractivity contribution in [2.24, 2.45) is 11.8 Å². The minimum atomic E-state index is -0.610. The standard InChI is InChI=1S/C12H18O5/c1-11-5-6-12(2,17-11)8(10(14)16-4)7(11)9(13)15-3/h7-8H,5-6H2,1-4H3/t7-,8+,11-,12+. The molecule has 2 aliphatic rings. The van der Waals surface area contributed by atoms with Crippen molar-refractivity contribution in [2.75, 3.05) is 14.2 Å². The number of carbonyl (C=O) groups excluding carboxylic acids is 2. The molecule has 17 heavy (non-hydrogen) atoms. The first-order chi connectivity index (χ1) is 7.88. The van der Waals surface area contributed by atoms with E-state index in [4.69, 9.17) is 14.2 Å². The van der Waals surface area contributed by atoms with Gasteiger partial charge < -0.3 is 14.2 Å². The second-order valence-corrected chi connectivity index (χ2v) is 5.23. The SMILES string of the molecule is COC(=O)[C@@H]1[C@H](C(=O)OC)[C@@]2(C)CC[C@]1(C)O2. The van der Waals surface area contributed by atoms with E-state index in [1.807, 2.05) is 13.8 Å². The first kappa shape index (κ1) is 12.4. The maximum absolute atomic E-state index is 11.9. The van der Waals surface area contributed by atoms with E-state index in [-0.39, 0.29) is 0 Å². The molecule has 0 aromatic carbocycles. The number of hydrogen-bond donors (Lipinski definition) is 0. The Balaban J connectivity index is 2.40. The van der Waals surface area contributed by atoms with Gasteiger partial charge in [-0.05, 0) is 26.7 Å². The van der Waals surface area contributed by atoms with E-state index in [0.29, 0.717) is 0 Å². The minimum absolute atomic E-state index is 0.397. The molecule has 2 bridgehead atoms. The third-order valence-corrected chi connectivity index (χ3v) is 4.14. The van der Waals surface area contributed by atoms with Crippen LogP contribution in [0.5, 0.6) is 0 Å². The zero-order valence-corrected chi connectivity index (χ0v) is 10.6. The lowest BCUT2D eigenvalue weighted by molar-refractivity contribution is -0.160. The number of carbonyl (C=O) groups is 2. The molecule has 0 amide bonds. The molecular formula is C12H18O5. The van der Waals surface area contributed by atoms with E-state index >= 15 is 0 Å². The summed E-state index contributed by atoms with van der Waals surface area (Å²) in [6.45, 7) is 3.73. The van der Waals surface area contributed by atoms with Gasteiger partial charge in [-0.2, -0.15) is 0 Å². The Bertz CT molecular complexity index is 332. The maximum atomic E-state index is 11.9. The quantitative estimate of drug-likeness (QED) is 0.673. The van der Waals surface area contributed by atoms with Crippen LogP contribution in [0.2, 0.25) is 0 Å². The van der Waals surface area contributed by atoms with Gasteiger partial charge in [0.05, 0.1) is 25.4 Å². The lowest BCUT2D eigenvalue weighted by Crippen LogP contribution is -2.47. The monoisotopic (exact) mass is 242 g/mol. The summed E-state index contributed by atoms with van der Waals surface area (Å²) in [6.07, 6.45) is 1.52. The molecule has 0 aromatic heterocycles. The van der Waals surface area contributed by atoms with Gasteiger partial charge in [-0.1, -0.05) is 0 Å². The van der Waals surface area contributed by atoms with Gasteiger partial charge in [0.25, 0.3) is 0 Å². The van der Waals surface area contributed by atoms with Crippen LogP contribution in [0.3, 0.4) is 0 Å². The van der Waals surface area contributed by atoms with Gasteiger partial charge >= 0.3 is 11.9 Å². The topological polar surface area (TPSA) is 61.8 Å². The van der Waals surface area contributed by atoms with Crippen LogP contribution in [-0.2, 0) is 23.8 Å². The van der Waals surface area contributed by atoms with E-state index in [1.165, 1.54) is 14.2 Å². The van der Waals surface area contributed by atoms with Crippen LogP contribution in [0.4, 0.5) is 0 Å². The minimum Gasteiger partial charge on any atom is -0.469 e. The van der Waals surface area contributed by atoms with Crippen LogP contribution in [0.1, 0.15) is 26.7 Å². The Kier molecular flexibility index (Phi) is 2.69. The second kappa shape index (κ2) is 3.70. The summed E-state index contributed by atoms with van der Waals surface area (Å²) in [4.78, 5) is 23.7. The molecule has 2 aliphatic heterocycles. The van der Waals surface area contributed by atoms with Gasteiger partial charge in [-0.15, -0.1) is 0 Å². The first-order valence-corrected chi connectivity index (χ1v) is 5.74. The van der Waals surface area contributed by atoms with E-state index in [9.17, 15) is 9.59 Å². The van der Waals surface area contributed by atoms with Crippen LogP contribution < -0.4 is 0 Å². The van der Waals surface area contributed by atoms with Gasteiger partial charge in [0.15, 0.2) is 0 Å². The van der Waals surface area contributed by atoms with Gasteiger partial charge in [0, 0.05) is 0 Å². The van der Waals surface area contributed by atoms with Crippen molar-refractivity contribution in [2.45, 2.75) is 37.9 Å². The van der Waals surface area contributed by atoms with Gasteiger partial charge in [0.2, 0.25) is 0 Å². The normalized spacial score (nSPS) is 43.5. The van der Waals surface area contributed by atoms with Gasteiger partial charge in [-0.25, -0.2) is 0 Å². The lowest BCUT2D eigenvalue weighted by atomic mass is 9.67. The van der Waals surface area contributed by atoms with Crippen molar-refractivity contribution >= 4 is 11.9 Å². The summed E-state index contributed by atoms with van der Waals surface area (Å²) in [7, 11) is 2.66. The van der Waals surface area contributed by atoms with Crippen LogP contribution in [-0.4, -0.2) is 37.4 Å². The van der Waals surface area contributed by atoms with Crippen LogP contribution in [0, 0.1) is 11.8 Å². The molecule has 0 aromatic rings. The maximum Gasteiger partial charge on any atom is 0.312 e. The average Bonchev–Trinajstić information content (AvgIpc) is 2.72. The number of hydrogen-bond acceptors (Lipinski definition) is 5. The molecule has 4 atom stereocenters. The van der Waals surface area contributed by atoms with Gasteiger partial charge in [0.1, 0.15) is 11.8 Å². The number of methoxy groups -OCH3 is 2. The third-order valence-electron chi connectivity index (χ3n) is 4.14.